The third kappa shape index (κ3) is 5.56. The lowest BCUT2D eigenvalue weighted by molar-refractivity contribution is -0.121. The van der Waals surface area contributed by atoms with E-state index in [0.717, 1.165) is 18.4 Å². The van der Waals surface area contributed by atoms with Crippen LogP contribution in [-0.2, 0) is 11.2 Å². The van der Waals surface area contributed by atoms with Crippen LogP contribution in [0, 0.1) is 17.7 Å². The van der Waals surface area contributed by atoms with Crippen LogP contribution in [0.15, 0.2) is 48.5 Å². The number of hydrogen-bond donors (Lipinski definition) is 2. The summed E-state index contributed by atoms with van der Waals surface area (Å²) in [4.78, 5) is 12.3. The predicted octanol–water partition coefficient (Wildman–Crippen LogP) is 3.86. The zero-order chi connectivity index (χ0) is 19.3. The average molecular weight is 386 g/mol. The zero-order valence-corrected chi connectivity index (χ0v) is 15.6. The molecule has 2 aromatic rings. The van der Waals surface area contributed by atoms with Crippen molar-refractivity contribution in [1.82, 2.24) is 5.32 Å². The van der Waals surface area contributed by atoms with Crippen LogP contribution < -0.4 is 5.32 Å². The van der Waals surface area contributed by atoms with Gasteiger partial charge in [-0.15, -0.1) is 0 Å². The molecule has 5 heteroatoms. The molecular formula is C22H21ClFNO2. The van der Waals surface area contributed by atoms with Crippen LogP contribution in [0.1, 0.15) is 36.8 Å². The molecule has 3 rings (SSSR count). The first-order valence-electron chi connectivity index (χ1n) is 8.97. The summed E-state index contributed by atoms with van der Waals surface area (Å²) < 4.78 is 13.7. The molecular weight excluding hydrogens is 365 g/mol. The number of rotatable bonds is 3. The average Bonchev–Trinajstić information content (AvgIpc) is 2.62. The summed E-state index contributed by atoms with van der Waals surface area (Å²) in [5, 5.41) is 14.3. The Kier molecular flexibility index (Phi) is 6.15. The quantitative estimate of drug-likeness (QED) is 0.788. The Labute approximate surface area is 163 Å². The van der Waals surface area contributed by atoms with E-state index in [1.54, 1.807) is 30.3 Å². The molecule has 1 amide bonds. The first kappa shape index (κ1) is 19.4. The van der Waals surface area contributed by atoms with Gasteiger partial charge in [0.2, 0.25) is 5.91 Å². The standard InChI is InChI=1S/C22H21ClFNO2/c23-18-7-3-5-16(13-18)10-12-22(27)11-4-8-19(15-22)25-21(26)14-17-6-1-2-9-20(17)24/h1-3,5-7,9,13,19,27H,4,8,11,14-15H2,(H,25,26)/t19-,22?/m0/s1. The lowest BCUT2D eigenvalue weighted by atomic mass is 9.82. The molecule has 2 N–H and O–H groups in total. The molecule has 0 spiro atoms. The molecule has 0 aromatic heterocycles. The van der Waals surface area contributed by atoms with Crippen LogP contribution in [0.3, 0.4) is 0 Å². The van der Waals surface area contributed by atoms with E-state index in [2.05, 4.69) is 17.2 Å². The summed E-state index contributed by atoms with van der Waals surface area (Å²) >= 11 is 5.95. The summed E-state index contributed by atoms with van der Waals surface area (Å²) in [6.07, 6.45) is 2.41. The second-order valence-corrected chi connectivity index (χ2v) is 7.36. The van der Waals surface area contributed by atoms with Crippen LogP contribution in [0.4, 0.5) is 4.39 Å². The summed E-state index contributed by atoms with van der Waals surface area (Å²) in [5.41, 5.74) is -0.0558. The highest BCUT2D eigenvalue weighted by molar-refractivity contribution is 6.30. The minimum Gasteiger partial charge on any atom is -0.378 e. The van der Waals surface area contributed by atoms with Crippen molar-refractivity contribution in [1.29, 1.82) is 0 Å². The lowest BCUT2D eigenvalue weighted by Gasteiger charge is -2.33. The van der Waals surface area contributed by atoms with Gasteiger partial charge in [0.1, 0.15) is 11.4 Å². The monoisotopic (exact) mass is 385 g/mol. The van der Waals surface area contributed by atoms with Crippen molar-refractivity contribution >= 4 is 17.5 Å². The minimum atomic E-state index is -1.16. The van der Waals surface area contributed by atoms with Crippen molar-refractivity contribution in [3.8, 4) is 11.8 Å². The Hall–Kier alpha value is -2.35. The molecule has 0 heterocycles. The fraction of sp³-hybridized carbons (Fsp3) is 0.318. The molecule has 140 valence electrons. The smallest absolute Gasteiger partial charge is 0.224 e. The van der Waals surface area contributed by atoms with Gasteiger partial charge in [0.25, 0.3) is 0 Å². The van der Waals surface area contributed by atoms with E-state index >= 15 is 0 Å². The number of nitrogens with one attached hydrogen (secondary N) is 1. The van der Waals surface area contributed by atoms with Gasteiger partial charge in [-0.2, -0.15) is 0 Å². The number of amides is 1. The van der Waals surface area contributed by atoms with Crippen molar-refractivity contribution in [3.05, 3.63) is 70.5 Å². The number of hydrogen-bond acceptors (Lipinski definition) is 2. The molecule has 2 aromatic carbocycles. The van der Waals surface area contributed by atoms with Gasteiger partial charge in [0.15, 0.2) is 0 Å². The van der Waals surface area contributed by atoms with Crippen LogP contribution in [0.25, 0.3) is 0 Å². The van der Waals surface area contributed by atoms with Gasteiger partial charge in [0, 0.05) is 23.0 Å². The van der Waals surface area contributed by atoms with Crippen molar-refractivity contribution in [2.45, 2.75) is 43.7 Å². The van der Waals surface area contributed by atoms with E-state index in [1.165, 1.54) is 6.07 Å². The second-order valence-electron chi connectivity index (χ2n) is 6.92. The number of aliphatic hydroxyl groups is 1. The van der Waals surface area contributed by atoms with E-state index in [-0.39, 0.29) is 24.2 Å². The third-order valence-corrected chi connectivity index (χ3v) is 4.90. The maximum atomic E-state index is 13.7. The first-order chi connectivity index (χ1) is 12.9. The topological polar surface area (TPSA) is 49.3 Å². The first-order valence-corrected chi connectivity index (χ1v) is 9.35. The van der Waals surface area contributed by atoms with E-state index in [0.29, 0.717) is 23.4 Å². The molecule has 0 aliphatic heterocycles. The maximum Gasteiger partial charge on any atom is 0.224 e. The Balaban J connectivity index is 1.62. The molecule has 0 saturated heterocycles. The number of halogens is 2. The molecule has 0 radical (unpaired) electrons. The summed E-state index contributed by atoms with van der Waals surface area (Å²) in [6, 6.07) is 13.2. The van der Waals surface area contributed by atoms with E-state index in [1.807, 2.05) is 12.1 Å². The minimum absolute atomic E-state index is 0.0181. The summed E-state index contributed by atoms with van der Waals surface area (Å²) in [5.74, 6) is 5.27. The SMILES string of the molecule is O=C(Cc1ccccc1F)N[C@H]1CCCC(O)(C#Cc2cccc(Cl)c2)C1. The van der Waals surface area contributed by atoms with E-state index in [4.69, 9.17) is 11.6 Å². The van der Waals surface area contributed by atoms with E-state index in [9.17, 15) is 14.3 Å². The van der Waals surface area contributed by atoms with Crippen molar-refractivity contribution in [3.63, 3.8) is 0 Å². The van der Waals surface area contributed by atoms with Crippen LogP contribution in [0.5, 0.6) is 0 Å². The van der Waals surface area contributed by atoms with Crippen LogP contribution in [-0.4, -0.2) is 22.7 Å². The number of carbonyl (C=O) groups is 1. The van der Waals surface area contributed by atoms with Gasteiger partial charge >= 0.3 is 0 Å². The Morgan fingerprint density at radius 2 is 2.11 bits per heavy atom. The van der Waals surface area contributed by atoms with Gasteiger partial charge in [-0.1, -0.05) is 47.7 Å². The molecule has 3 nitrogen and oxygen atoms in total. The summed E-state index contributed by atoms with van der Waals surface area (Å²) in [6.45, 7) is 0. The van der Waals surface area contributed by atoms with Crippen molar-refractivity contribution < 1.29 is 14.3 Å². The Bertz CT molecular complexity index is 889. The third-order valence-electron chi connectivity index (χ3n) is 4.67. The fourth-order valence-corrected chi connectivity index (χ4v) is 3.53. The van der Waals surface area contributed by atoms with Crippen LogP contribution in [0.2, 0.25) is 5.02 Å². The Morgan fingerprint density at radius 3 is 2.89 bits per heavy atom. The Morgan fingerprint density at radius 1 is 1.30 bits per heavy atom. The van der Waals surface area contributed by atoms with Gasteiger partial charge in [-0.3, -0.25) is 4.79 Å². The van der Waals surface area contributed by atoms with Crippen LogP contribution >= 0.6 is 11.6 Å². The molecule has 1 fully saturated rings. The number of carbonyl (C=O) groups excluding carboxylic acids is 1. The molecule has 1 saturated carbocycles. The highest BCUT2D eigenvalue weighted by atomic mass is 35.5. The fourth-order valence-electron chi connectivity index (χ4n) is 3.34. The van der Waals surface area contributed by atoms with Crippen molar-refractivity contribution in [2.75, 3.05) is 0 Å². The molecule has 1 aliphatic rings. The number of benzene rings is 2. The highest BCUT2D eigenvalue weighted by Crippen LogP contribution is 2.28. The summed E-state index contributed by atoms with van der Waals surface area (Å²) in [7, 11) is 0. The van der Waals surface area contributed by atoms with Gasteiger partial charge in [-0.05, 0) is 49.1 Å². The largest absolute Gasteiger partial charge is 0.378 e. The molecule has 1 unspecified atom stereocenters. The molecule has 1 aliphatic carbocycles. The van der Waals surface area contributed by atoms with Gasteiger partial charge in [0.05, 0.1) is 6.42 Å². The molecule has 2 atom stereocenters. The normalized spacial score (nSPS) is 21.8. The second kappa shape index (κ2) is 8.56. The van der Waals surface area contributed by atoms with Gasteiger partial charge in [-0.25, -0.2) is 4.39 Å². The van der Waals surface area contributed by atoms with E-state index < -0.39 is 5.60 Å². The van der Waals surface area contributed by atoms with Crippen molar-refractivity contribution in [2.24, 2.45) is 0 Å². The predicted molar refractivity (Wildman–Crippen MR) is 104 cm³/mol. The molecule has 27 heavy (non-hydrogen) atoms. The molecule has 0 bridgehead atoms. The lowest BCUT2D eigenvalue weighted by Crippen LogP contribution is -2.45. The van der Waals surface area contributed by atoms with Gasteiger partial charge < -0.3 is 10.4 Å². The maximum absolute atomic E-state index is 13.7. The highest BCUT2D eigenvalue weighted by Gasteiger charge is 2.33. The zero-order valence-electron chi connectivity index (χ0n) is 14.8.